The molecule has 0 aromatic heterocycles. The number of nitrogens with zero attached hydrogens (tertiary/aromatic N) is 1. The summed E-state index contributed by atoms with van der Waals surface area (Å²) < 4.78 is 10.4. The average molecular weight is 252 g/mol. The van der Waals surface area contributed by atoms with Crippen LogP contribution in [0.1, 0.15) is 12.8 Å². The topological polar surface area (TPSA) is 47.7 Å². The Bertz CT molecular complexity index is 344. The minimum atomic E-state index is 0.148. The Morgan fingerprint density at radius 3 is 2.67 bits per heavy atom. The van der Waals surface area contributed by atoms with Gasteiger partial charge in [-0.15, -0.1) is 0 Å². The summed E-state index contributed by atoms with van der Waals surface area (Å²) in [7, 11) is 5.44. The average Bonchev–Trinajstić information content (AvgIpc) is 2.39. The fourth-order valence-electron chi connectivity index (χ4n) is 1.98. The third kappa shape index (κ3) is 4.55. The van der Waals surface area contributed by atoms with Gasteiger partial charge in [0.15, 0.2) is 0 Å². The summed E-state index contributed by atoms with van der Waals surface area (Å²) in [6.45, 7) is 1.58. The number of likely N-dealkylation sites (N-methyl/N-ethyl adjacent to an activating group) is 1. The maximum Gasteiger partial charge on any atom is 0.142 e. The summed E-state index contributed by atoms with van der Waals surface area (Å²) >= 11 is 0. The van der Waals surface area contributed by atoms with Crippen LogP contribution in [-0.2, 0) is 4.74 Å². The molecule has 4 nitrogen and oxygen atoms in total. The summed E-state index contributed by atoms with van der Waals surface area (Å²) in [4.78, 5) is 2.14. The number of hydrogen-bond acceptors (Lipinski definition) is 4. The Morgan fingerprint density at radius 2 is 2.00 bits per heavy atom. The zero-order valence-electron chi connectivity index (χ0n) is 11.6. The van der Waals surface area contributed by atoms with Gasteiger partial charge < -0.3 is 20.1 Å². The molecule has 4 heteroatoms. The van der Waals surface area contributed by atoms with E-state index in [1.807, 2.05) is 31.3 Å². The van der Waals surface area contributed by atoms with Gasteiger partial charge in [-0.1, -0.05) is 12.1 Å². The quantitative estimate of drug-likeness (QED) is 0.718. The van der Waals surface area contributed by atoms with Gasteiger partial charge in [0.2, 0.25) is 0 Å². The largest absolute Gasteiger partial charge is 0.495 e. The standard InChI is InChI=1S/C14H24N2O2/c1-16(11-12(15)7-6-10-17-2)13-8-4-5-9-14(13)18-3/h4-5,8-9,12H,6-7,10-11,15H2,1-3H3. The van der Waals surface area contributed by atoms with Gasteiger partial charge in [0.25, 0.3) is 0 Å². The summed E-state index contributed by atoms with van der Waals surface area (Å²) in [5.74, 6) is 0.879. The molecule has 1 aromatic rings. The third-order valence-corrected chi connectivity index (χ3v) is 2.93. The highest BCUT2D eigenvalue weighted by molar-refractivity contribution is 5.57. The molecular weight excluding hydrogens is 228 g/mol. The van der Waals surface area contributed by atoms with E-state index in [0.29, 0.717) is 0 Å². The summed E-state index contributed by atoms with van der Waals surface area (Å²) in [5.41, 5.74) is 7.18. The van der Waals surface area contributed by atoms with Crippen LogP contribution in [0.4, 0.5) is 5.69 Å². The van der Waals surface area contributed by atoms with Crippen molar-refractivity contribution in [2.45, 2.75) is 18.9 Å². The highest BCUT2D eigenvalue weighted by Gasteiger charge is 2.11. The van der Waals surface area contributed by atoms with Crippen molar-refractivity contribution in [1.29, 1.82) is 0 Å². The predicted molar refractivity (Wildman–Crippen MR) is 75.3 cm³/mol. The molecule has 0 heterocycles. The van der Waals surface area contributed by atoms with Crippen LogP contribution in [0, 0.1) is 0 Å². The number of rotatable bonds is 8. The Morgan fingerprint density at radius 1 is 1.28 bits per heavy atom. The van der Waals surface area contributed by atoms with Gasteiger partial charge in [0.1, 0.15) is 5.75 Å². The van der Waals surface area contributed by atoms with E-state index in [-0.39, 0.29) is 6.04 Å². The predicted octanol–water partition coefficient (Wildman–Crippen LogP) is 1.89. The van der Waals surface area contributed by atoms with Crippen LogP contribution < -0.4 is 15.4 Å². The fraction of sp³-hybridized carbons (Fsp3) is 0.571. The van der Waals surface area contributed by atoms with Crippen molar-refractivity contribution in [1.82, 2.24) is 0 Å². The van der Waals surface area contributed by atoms with Gasteiger partial charge in [0, 0.05) is 33.4 Å². The lowest BCUT2D eigenvalue weighted by Crippen LogP contribution is -2.35. The van der Waals surface area contributed by atoms with Crippen LogP contribution in [-0.4, -0.2) is 40.5 Å². The fourth-order valence-corrected chi connectivity index (χ4v) is 1.98. The minimum absolute atomic E-state index is 0.148. The first kappa shape index (κ1) is 14.8. The molecule has 0 fully saturated rings. The smallest absolute Gasteiger partial charge is 0.142 e. The van der Waals surface area contributed by atoms with Crippen LogP contribution >= 0.6 is 0 Å². The van der Waals surface area contributed by atoms with Crippen LogP contribution in [0.3, 0.4) is 0 Å². The first-order valence-corrected chi connectivity index (χ1v) is 6.27. The van der Waals surface area contributed by atoms with E-state index in [0.717, 1.165) is 37.4 Å². The number of benzene rings is 1. The van der Waals surface area contributed by atoms with Gasteiger partial charge >= 0.3 is 0 Å². The second-order valence-corrected chi connectivity index (χ2v) is 4.45. The summed E-state index contributed by atoms with van der Waals surface area (Å²) in [6, 6.07) is 8.12. The molecule has 102 valence electrons. The molecule has 0 spiro atoms. The normalized spacial score (nSPS) is 12.2. The van der Waals surface area contributed by atoms with Gasteiger partial charge in [-0.25, -0.2) is 0 Å². The molecular formula is C14H24N2O2. The second-order valence-electron chi connectivity index (χ2n) is 4.45. The highest BCUT2D eigenvalue weighted by Crippen LogP contribution is 2.26. The van der Waals surface area contributed by atoms with Crippen LogP contribution in [0.5, 0.6) is 5.75 Å². The van der Waals surface area contributed by atoms with E-state index in [1.54, 1.807) is 14.2 Å². The third-order valence-electron chi connectivity index (χ3n) is 2.93. The van der Waals surface area contributed by atoms with E-state index < -0.39 is 0 Å². The zero-order chi connectivity index (χ0) is 13.4. The van der Waals surface area contributed by atoms with Crippen molar-refractivity contribution in [3.05, 3.63) is 24.3 Å². The SMILES string of the molecule is COCCCC(N)CN(C)c1ccccc1OC. The number of ether oxygens (including phenoxy) is 2. The Hall–Kier alpha value is -1.26. The molecule has 18 heavy (non-hydrogen) atoms. The van der Waals surface area contributed by atoms with Crippen molar-refractivity contribution < 1.29 is 9.47 Å². The maximum absolute atomic E-state index is 6.11. The molecule has 0 amide bonds. The molecule has 0 saturated carbocycles. The minimum Gasteiger partial charge on any atom is -0.495 e. The summed E-state index contributed by atoms with van der Waals surface area (Å²) in [6.07, 6.45) is 1.96. The summed E-state index contributed by atoms with van der Waals surface area (Å²) in [5, 5.41) is 0. The Kier molecular flexibility index (Phi) is 6.54. The molecule has 2 N–H and O–H groups in total. The lowest BCUT2D eigenvalue weighted by Gasteiger charge is -2.25. The van der Waals surface area contributed by atoms with Crippen molar-refractivity contribution in [3.8, 4) is 5.75 Å². The first-order chi connectivity index (χ1) is 8.69. The van der Waals surface area contributed by atoms with Crippen molar-refractivity contribution in [3.63, 3.8) is 0 Å². The molecule has 1 aromatic carbocycles. The van der Waals surface area contributed by atoms with Crippen molar-refractivity contribution >= 4 is 5.69 Å². The van der Waals surface area contributed by atoms with Crippen molar-refractivity contribution in [2.75, 3.05) is 39.3 Å². The number of methoxy groups -OCH3 is 2. The molecule has 0 aliphatic carbocycles. The molecule has 0 aliphatic rings. The van der Waals surface area contributed by atoms with E-state index in [1.165, 1.54) is 0 Å². The molecule has 0 aliphatic heterocycles. The van der Waals surface area contributed by atoms with Crippen LogP contribution in [0.25, 0.3) is 0 Å². The van der Waals surface area contributed by atoms with Gasteiger partial charge in [-0.2, -0.15) is 0 Å². The van der Waals surface area contributed by atoms with Crippen LogP contribution in [0.15, 0.2) is 24.3 Å². The first-order valence-electron chi connectivity index (χ1n) is 6.27. The molecule has 1 rings (SSSR count). The van der Waals surface area contributed by atoms with E-state index in [2.05, 4.69) is 4.90 Å². The molecule has 1 unspecified atom stereocenters. The van der Waals surface area contributed by atoms with E-state index in [9.17, 15) is 0 Å². The Labute approximate surface area is 110 Å². The number of para-hydroxylation sites is 2. The zero-order valence-corrected chi connectivity index (χ0v) is 11.6. The van der Waals surface area contributed by atoms with Crippen LogP contribution in [0.2, 0.25) is 0 Å². The van der Waals surface area contributed by atoms with Gasteiger partial charge in [-0.3, -0.25) is 0 Å². The highest BCUT2D eigenvalue weighted by atomic mass is 16.5. The Balaban J connectivity index is 2.51. The van der Waals surface area contributed by atoms with E-state index >= 15 is 0 Å². The molecule has 1 atom stereocenters. The van der Waals surface area contributed by atoms with Gasteiger partial charge in [0.05, 0.1) is 12.8 Å². The number of hydrogen-bond donors (Lipinski definition) is 1. The van der Waals surface area contributed by atoms with Gasteiger partial charge in [-0.05, 0) is 25.0 Å². The maximum atomic E-state index is 6.11. The number of nitrogens with two attached hydrogens (primary N) is 1. The lowest BCUT2D eigenvalue weighted by atomic mass is 10.1. The van der Waals surface area contributed by atoms with E-state index in [4.69, 9.17) is 15.2 Å². The van der Waals surface area contributed by atoms with Crippen molar-refractivity contribution in [2.24, 2.45) is 5.73 Å². The number of anilines is 1. The molecule has 0 saturated heterocycles. The lowest BCUT2D eigenvalue weighted by molar-refractivity contribution is 0.190. The molecule has 0 radical (unpaired) electrons. The monoisotopic (exact) mass is 252 g/mol. The molecule has 0 bridgehead atoms. The second kappa shape index (κ2) is 7.95.